The molecular weight excluding hydrogens is 156 g/mol. The molecule has 0 fully saturated rings. The first-order chi connectivity index (χ1) is 5.74. The van der Waals surface area contributed by atoms with Gasteiger partial charge in [-0.2, -0.15) is 5.10 Å². The van der Waals surface area contributed by atoms with Crippen molar-refractivity contribution in [1.29, 1.82) is 0 Å². The van der Waals surface area contributed by atoms with Gasteiger partial charge >= 0.3 is 0 Å². The lowest BCUT2D eigenvalue weighted by molar-refractivity contribution is -0.119. The van der Waals surface area contributed by atoms with Crippen LogP contribution in [0.1, 0.15) is 6.92 Å². The molecule has 0 unspecified atom stereocenters. The molecule has 0 aliphatic rings. The molecule has 0 bridgehead atoms. The maximum atomic E-state index is 11.2. The number of hydrogen-bond donors (Lipinski definition) is 3. The van der Waals surface area contributed by atoms with Gasteiger partial charge in [0.05, 0.1) is 11.9 Å². The Bertz CT molecular complexity index is 244. The van der Waals surface area contributed by atoms with E-state index in [1.165, 1.54) is 0 Å². The van der Waals surface area contributed by atoms with Crippen molar-refractivity contribution in [3.63, 3.8) is 0 Å². The molecule has 1 heterocycles. The van der Waals surface area contributed by atoms with Crippen molar-refractivity contribution in [2.24, 2.45) is 11.7 Å². The van der Waals surface area contributed by atoms with Gasteiger partial charge in [0, 0.05) is 18.7 Å². The largest absolute Gasteiger partial charge is 0.330 e. The lowest BCUT2D eigenvalue weighted by Crippen LogP contribution is -2.26. The van der Waals surface area contributed by atoms with Crippen LogP contribution in [0.5, 0.6) is 0 Å². The summed E-state index contributed by atoms with van der Waals surface area (Å²) in [5.41, 5.74) is 5.98. The quantitative estimate of drug-likeness (QED) is 0.591. The highest BCUT2D eigenvalue weighted by atomic mass is 16.1. The molecule has 0 radical (unpaired) electrons. The topological polar surface area (TPSA) is 83.8 Å². The number of rotatable bonds is 3. The molecule has 66 valence electrons. The number of aromatic nitrogens is 2. The molecule has 0 aliphatic heterocycles. The average molecular weight is 168 g/mol. The van der Waals surface area contributed by atoms with E-state index in [4.69, 9.17) is 5.73 Å². The average Bonchev–Trinajstić information content (AvgIpc) is 2.55. The second-order valence-electron chi connectivity index (χ2n) is 2.61. The Morgan fingerprint density at radius 2 is 2.67 bits per heavy atom. The standard InChI is InChI=1S/C7H12N4O/c1-5(2-8)7(12)11-6-3-9-10-4-6/h3-5H,2,8H2,1H3,(H,9,10)(H,11,12)/t5-/m0/s1. The van der Waals surface area contributed by atoms with Gasteiger partial charge in [0.25, 0.3) is 0 Å². The minimum absolute atomic E-state index is 0.0844. The summed E-state index contributed by atoms with van der Waals surface area (Å²) in [6.07, 6.45) is 3.16. The zero-order valence-electron chi connectivity index (χ0n) is 6.87. The Kier molecular flexibility index (Phi) is 2.82. The number of H-pyrrole nitrogens is 1. The smallest absolute Gasteiger partial charge is 0.228 e. The van der Waals surface area contributed by atoms with Crippen LogP contribution in [0.15, 0.2) is 12.4 Å². The third kappa shape index (κ3) is 2.06. The second kappa shape index (κ2) is 3.87. The van der Waals surface area contributed by atoms with Crippen LogP contribution in [-0.4, -0.2) is 22.6 Å². The molecule has 5 heteroatoms. The maximum absolute atomic E-state index is 11.2. The summed E-state index contributed by atoms with van der Waals surface area (Å²) in [6.45, 7) is 2.12. The van der Waals surface area contributed by atoms with E-state index < -0.39 is 0 Å². The zero-order valence-corrected chi connectivity index (χ0v) is 6.87. The molecule has 0 aliphatic carbocycles. The molecule has 1 aromatic rings. The molecule has 0 saturated carbocycles. The Labute approximate surface area is 70.3 Å². The summed E-state index contributed by atoms with van der Waals surface area (Å²) in [6, 6.07) is 0. The van der Waals surface area contributed by atoms with Crippen LogP contribution >= 0.6 is 0 Å². The third-order valence-electron chi connectivity index (χ3n) is 1.57. The van der Waals surface area contributed by atoms with E-state index in [0.717, 1.165) is 0 Å². The van der Waals surface area contributed by atoms with E-state index in [9.17, 15) is 4.79 Å². The van der Waals surface area contributed by atoms with Gasteiger partial charge in [-0.1, -0.05) is 6.92 Å². The van der Waals surface area contributed by atoms with Crippen LogP contribution in [-0.2, 0) is 4.79 Å². The van der Waals surface area contributed by atoms with E-state index in [0.29, 0.717) is 12.2 Å². The molecule has 12 heavy (non-hydrogen) atoms. The molecule has 0 saturated heterocycles. The number of nitrogens with zero attached hydrogens (tertiary/aromatic N) is 1. The van der Waals surface area contributed by atoms with E-state index >= 15 is 0 Å². The summed E-state index contributed by atoms with van der Waals surface area (Å²) in [5.74, 6) is -0.251. The van der Waals surface area contributed by atoms with Crippen LogP contribution in [0.2, 0.25) is 0 Å². The molecule has 1 amide bonds. The molecule has 5 nitrogen and oxygen atoms in total. The number of aromatic amines is 1. The van der Waals surface area contributed by atoms with Crippen LogP contribution in [0.3, 0.4) is 0 Å². The van der Waals surface area contributed by atoms with Crippen molar-refractivity contribution in [2.45, 2.75) is 6.92 Å². The molecule has 1 aromatic heterocycles. The summed E-state index contributed by atoms with van der Waals surface area (Å²) in [5, 5.41) is 8.95. The van der Waals surface area contributed by atoms with Gasteiger partial charge in [-0.05, 0) is 0 Å². The summed E-state index contributed by atoms with van der Waals surface area (Å²) >= 11 is 0. The number of carbonyl (C=O) groups excluding carboxylic acids is 1. The zero-order chi connectivity index (χ0) is 8.97. The van der Waals surface area contributed by atoms with E-state index in [1.54, 1.807) is 19.3 Å². The fraction of sp³-hybridized carbons (Fsp3) is 0.429. The van der Waals surface area contributed by atoms with Gasteiger partial charge in [-0.3, -0.25) is 9.89 Å². The highest BCUT2D eigenvalue weighted by Gasteiger charge is 2.10. The van der Waals surface area contributed by atoms with E-state index in [1.807, 2.05) is 0 Å². The summed E-state index contributed by atoms with van der Waals surface area (Å²) in [4.78, 5) is 11.2. The van der Waals surface area contributed by atoms with E-state index in [2.05, 4.69) is 15.5 Å². The molecule has 0 spiro atoms. The van der Waals surface area contributed by atoms with Gasteiger partial charge in [0.15, 0.2) is 0 Å². The Hall–Kier alpha value is -1.36. The monoisotopic (exact) mass is 168 g/mol. The number of amides is 1. The van der Waals surface area contributed by atoms with Crippen molar-refractivity contribution in [1.82, 2.24) is 10.2 Å². The van der Waals surface area contributed by atoms with Gasteiger partial charge in [-0.25, -0.2) is 0 Å². The fourth-order valence-corrected chi connectivity index (χ4v) is 0.692. The number of nitrogens with two attached hydrogens (primary N) is 1. The number of carbonyl (C=O) groups is 1. The number of anilines is 1. The minimum atomic E-state index is -0.167. The molecule has 1 atom stereocenters. The SMILES string of the molecule is C[C@@H](CN)C(=O)Nc1cn[nH]c1. The second-order valence-corrected chi connectivity index (χ2v) is 2.61. The van der Waals surface area contributed by atoms with Crippen LogP contribution in [0.4, 0.5) is 5.69 Å². The fourth-order valence-electron chi connectivity index (χ4n) is 0.692. The third-order valence-corrected chi connectivity index (χ3v) is 1.57. The highest BCUT2D eigenvalue weighted by Crippen LogP contribution is 2.03. The lowest BCUT2D eigenvalue weighted by atomic mass is 10.2. The van der Waals surface area contributed by atoms with E-state index in [-0.39, 0.29) is 11.8 Å². The Morgan fingerprint density at radius 1 is 1.92 bits per heavy atom. The maximum Gasteiger partial charge on any atom is 0.228 e. The Morgan fingerprint density at radius 3 is 3.17 bits per heavy atom. The summed E-state index contributed by atoms with van der Waals surface area (Å²) in [7, 11) is 0. The molecule has 0 aromatic carbocycles. The van der Waals surface area contributed by atoms with Crippen molar-refractivity contribution < 1.29 is 4.79 Å². The highest BCUT2D eigenvalue weighted by molar-refractivity contribution is 5.92. The van der Waals surface area contributed by atoms with Gasteiger partial charge < -0.3 is 11.1 Å². The predicted octanol–water partition coefficient (Wildman–Crippen LogP) is -0.0570. The van der Waals surface area contributed by atoms with Crippen molar-refractivity contribution >= 4 is 11.6 Å². The van der Waals surface area contributed by atoms with Crippen LogP contribution < -0.4 is 11.1 Å². The minimum Gasteiger partial charge on any atom is -0.330 e. The predicted molar refractivity (Wildman–Crippen MR) is 45.4 cm³/mol. The summed E-state index contributed by atoms with van der Waals surface area (Å²) < 4.78 is 0. The molecule has 1 rings (SSSR count). The first-order valence-electron chi connectivity index (χ1n) is 3.73. The normalized spacial score (nSPS) is 12.5. The number of hydrogen-bond acceptors (Lipinski definition) is 3. The Balaban J connectivity index is 2.47. The molecular formula is C7H12N4O. The van der Waals surface area contributed by atoms with Gasteiger partial charge in [0.1, 0.15) is 0 Å². The van der Waals surface area contributed by atoms with Crippen LogP contribution in [0.25, 0.3) is 0 Å². The number of nitrogens with one attached hydrogen (secondary N) is 2. The lowest BCUT2D eigenvalue weighted by Gasteiger charge is -2.06. The molecule has 4 N–H and O–H groups in total. The van der Waals surface area contributed by atoms with Crippen molar-refractivity contribution in [3.8, 4) is 0 Å². The first-order valence-corrected chi connectivity index (χ1v) is 3.73. The first kappa shape index (κ1) is 8.73. The van der Waals surface area contributed by atoms with Crippen molar-refractivity contribution in [2.75, 3.05) is 11.9 Å². The van der Waals surface area contributed by atoms with Gasteiger partial charge in [-0.15, -0.1) is 0 Å². The van der Waals surface area contributed by atoms with Crippen molar-refractivity contribution in [3.05, 3.63) is 12.4 Å². The van der Waals surface area contributed by atoms with Crippen LogP contribution in [0, 0.1) is 5.92 Å². The van der Waals surface area contributed by atoms with Gasteiger partial charge in [0.2, 0.25) is 5.91 Å².